The maximum atomic E-state index is 12.5. The van der Waals surface area contributed by atoms with Crippen molar-refractivity contribution in [3.63, 3.8) is 0 Å². The highest BCUT2D eigenvalue weighted by Gasteiger charge is 2.26. The predicted octanol–water partition coefficient (Wildman–Crippen LogP) is 2.86. The Labute approximate surface area is 172 Å². The zero-order valence-electron chi connectivity index (χ0n) is 17.3. The van der Waals surface area contributed by atoms with E-state index in [9.17, 15) is 9.59 Å². The molecule has 154 valence electrons. The highest BCUT2D eigenvalue weighted by atomic mass is 16.5. The lowest BCUT2D eigenvalue weighted by Gasteiger charge is -2.40. The maximum Gasteiger partial charge on any atom is 0.337 e. The summed E-state index contributed by atoms with van der Waals surface area (Å²) in [6.45, 7) is 7.03. The van der Waals surface area contributed by atoms with Gasteiger partial charge in [0, 0.05) is 31.4 Å². The molecule has 1 saturated heterocycles. The Balaban J connectivity index is 1.52. The van der Waals surface area contributed by atoms with Gasteiger partial charge >= 0.3 is 5.97 Å². The Kier molecular flexibility index (Phi) is 6.88. The standard InChI is InChI=1S/C23H29N3O3/c1-17-15-26(21-11-9-20(10-12-21)23(28)29-3)14-13-25(17)16-22(27)24-18(2)19-7-5-4-6-8-19/h4-12,17-18H,13-16H2,1-3H3,(H,24,27). The van der Waals surface area contributed by atoms with Gasteiger partial charge in [-0.2, -0.15) is 0 Å². The summed E-state index contributed by atoms with van der Waals surface area (Å²) < 4.78 is 4.75. The first-order valence-electron chi connectivity index (χ1n) is 9.99. The van der Waals surface area contributed by atoms with Crippen molar-refractivity contribution in [2.45, 2.75) is 25.9 Å². The zero-order valence-corrected chi connectivity index (χ0v) is 17.3. The molecule has 0 aromatic heterocycles. The van der Waals surface area contributed by atoms with Crippen LogP contribution in [-0.2, 0) is 9.53 Å². The van der Waals surface area contributed by atoms with Crippen molar-refractivity contribution < 1.29 is 14.3 Å². The van der Waals surface area contributed by atoms with E-state index in [2.05, 4.69) is 22.0 Å². The summed E-state index contributed by atoms with van der Waals surface area (Å²) in [7, 11) is 1.38. The average molecular weight is 396 g/mol. The van der Waals surface area contributed by atoms with Crippen LogP contribution in [0.5, 0.6) is 0 Å². The third-order valence-electron chi connectivity index (χ3n) is 5.44. The smallest absolute Gasteiger partial charge is 0.337 e. The lowest BCUT2D eigenvalue weighted by atomic mass is 10.1. The molecule has 3 rings (SSSR count). The number of ether oxygens (including phenoxy) is 1. The molecule has 1 heterocycles. The number of nitrogens with one attached hydrogen (secondary N) is 1. The Bertz CT molecular complexity index is 823. The van der Waals surface area contributed by atoms with E-state index in [1.54, 1.807) is 12.1 Å². The molecule has 0 saturated carbocycles. The van der Waals surface area contributed by atoms with Gasteiger partial charge in [-0.15, -0.1) is 0 Å². The number of hydrogen-bond donors (Lipinski definition) is 1. The summed E-state index contributed by atoms with van der Waals surface area (Å²) >= 11 is 0. The van der Waals surface area contributed by atoms with Crippen LogP contribution < -0.4 is 10.2 Å². The summed E-state index contributed by atoms with van der Waals surface area (Å²) in [5.74, 6) is -0.283. The van der Waals surface area contributed by atoms with Gasteiger partial charge in [0.2, 0.25) is 5.91 Å². The van der Waals surface area contributed by atoms with Crippen LogP contribution in [0.4, 0.5) is 5.69 Å². The molecule has 1 fully saturated rings. The van der Waals surface area contributed by atoms with Crippen molar-refractivity contribution in [3.05, 3.63) is 65.7 Å². The monoisotopic (exact) mass is 395 g/mol. The molecule has 0 spiro atoms. The van der Waals surface area contributed by atoms with E-state index in [1.807, 2.05) is 49.4 Å². The SMILES string of the molecule is COC(=O)c1ccc(N2CCN(CC(=O)NC(C)c3ccccc3)C(C)C2)cc1. The molecule has 1 aliphatic rings. The highest BCUT2D eigenvalue weighted by Crippen LogP contribution is 2.20. The van der Waals surface area contributed by atoms with Crippen LogP contribution in [0.3, 0.4) is 0 Å². The first kappa shape index (κ1) is 20.9. The van der Waals surface area contributed by atoms with E-state index in [4.69, 9.17) is 4.74 Å². The van der Waals surface area contributed by atoms with E-state index < -0.39 is 0 Å². The van der Waals surface area contributed by atoms with Gasteiger partial charge in [-0.25, -0.2) is 4.79 Å². The Hall–Kier alpha value is -2.86. The van der Waals surface area contributed by atoms with E-state index >= 15 is 0 Å². The number of piperazine rings is 1. The zero-order chi connectivity index (χ0) is 20.8. The molecule has 1 N–H and O–H groups in total. The minimum atomic E-state index is -0.328. The molecule has 0 aliphatic carbocycles. The number of hydrogen-bond acceptors (Lipinski definition) is 5. The highest BCUT2D eigenvalue weighted by molar-refractivity contribution is 5.89. The van der Waals surface area contributed by atoms with E-state index in [0.29, 0.717) is 12.1 Å². The number of amides is 1. The largest absolute Gasteiger partial charge is 0.465 e. The first-order chi connectivity index (χ1) is 14.0. The normalized spacial score (nSPS) is 18.2. The van der Waals surface area contributed by atoms with Gasteiger partial charge in [0.25, 0.3) is 0 Å². The van der Waals surface area contributed by atoms with Crippen molar-refractivity contribution in [2.75, 3.05) is 38.2 Å². The summed E-state index contributed by atoms with van der Waals surface area (Å²) in [6.07, 6.45) is 0. The third-order valence-corrected chi connectivity index (χ3v) is 5.44. The first-order valence-corrected chi connectivity index (χ1v) is 9.99. The molecule has 0 radical (unpaired) electrons. The Morgan fingerprint density at radius 3 is 2.41 bits per heavy atom. The summed E-state index contributed by atoms with van der Waals surface area (Å²) in [5, 5.41) is 3.09. The van der Waals surface area contributed by atoms with Gasteiger partial charge < -0.3 is 15.0 Å². The molecule has 1 aliphatic heterocycles. The number of rotatable bonds is 6. The number of carbonyl (C=O) groups excluding carboxylic acids is 2. The Morgan fingerprint density at radius 2 is 1.79 bits per heavy atom. The molecule has 2 aromatic rings. The molecular weight excluding hydrogens is 366 g/mol. The van der Waals surface area contributed by atoms with Crippen molar-refractivity contribution in [1.82, 2.24) is 10.2 Å². The third kappa shape index (κ3) is 5.35. The molecular formula is C23H29N3O3. The quantitative estimate of drug-likeness (QED) is 0.762. The number of methoxy groups -OCH3 is 1. The molecule has 0 bridgehead atoms. The van der Waals surface area contributed by atoms with Gasteiger partial charge in [-0.1, -0.05) is 30.3 Å². The van der Waals surface area contributed by atoms with Gasteiger partial charge in [0.05, 0.1) is 25.3 Å². The van der Waals surface area contributed by atoms with Gasteiger partial charge in [-0.05, 0) is 43.7 Å². The van der Waals surface area contributed by atoms with E-state index in [0.717, 1.165) is 30.9 Å². The Morgan fingerprint density at radius 1 is 1.10 bits per heavy atom. The van der Waals surface area contributed by atoms with Crippen LogP contribution in [0.2, 0.25) is 0 Å². The molecule has 1 amide bonds. The lowest BCUT2D eigenvalue weighted by Crippen LogP contribution is -2.54. The van der Waals surface area contributed by atoms with Crippen LogP contribution in [-0.4, -0.2) is 56.1 Å². The molecule has 29 heavy (non-hydrogen) atoms. The van der Waals surface area contributed by atoms with Crippen LogP contribution in [0.25, 0.3) is 0 Å². The molecule has 2 atom stereocenters. The minimum absolute atomic E-state index is 0.00591. The average Bonchev–Trinajstić information content (AvgIpc) is 2.75. The predicted molar refractivity (Wildman–Crippen MR) is 114 cm³/mol. The number of anilines is 1. The number of esters is 1. The fourth-order valence-corrected chi connectivity index (χ4v) is 3.69. The van der Waals surface area contributed by atoms with E-state index in [-0.39, 0.29) is 24.0 Å². The fraction of sp³-hybridized carbons (Fsp3) is 0.391. The van der Waals surface area contributed by atoms with E-state index in [1.165, 1.54) is 7.11 Å². The number of benzene rings is 2. The van der Waals surface area contributed by atoms with Crippen LogP contribution in [0.15, 0.2) is 54.6 Å². The van der Waals surface area contributed by atoms with Gasteiger partial charge in [0.1, 0.15) is 0 Å². The fourth-order valence-electron chi connectivity index (χ4n) is 3.69. The van der Waals surface area contributed by atoms with Crippen molar-refractivity contribution in [3.8, 4) is 0 Å². The summed E-state index contributed by atoms with van der Waals surface area (Å²) in [5.41, 5.74) is 2.73. The second-order valence-electron chi connectivity index (χ2n) is 7.50. The van der Waals surface area contributed by atoms with Crippen LogP contribution in [0.1, 0.15) is 35.8 Å². The van der Waals surface area contributed by atoms with Gasteiger partial charge in [0.15, 0.2) is 0 Å². The molecule has 6 nitrogen and oxygen atoms in total. The second-order valence-corrected chi connectivity index (χ2v) is 7.50. The minimum Gasteiger partial charge on any atom is -0.465 e. The number of nitrogens with zero attached hydrogens (tertiary/aromatic N) is 2. The van der Waals surface area contributed by atoms with Crippen molar-refractivity contribution in [1.29, 1.82) is 0 Å². The maximum absolute atomic E-state index is 12.5. The van der Waals surface area contributed by atoms with Crippen LogP contribution in [0, 0.1) is 0 Å². The van der Waals surface area contributed by atoms with Crippen molar-refractivity contribution >= 4 is 17.6 Å². The topological polar surface area (TPSA) is 61.9 Å². The summed E-state index contributed by atoms with van der Waals surface area (Å²) in [4.78, 5) is 28.6. The number of carbonyl (C=O) groups is 2. The molecule has 6 heteroatoms. The van der Waals surface area contributed by atoms with Crippen LogP contribution >= 0.6 is 0 Å². The lowest BCUT2D eigenvalue weighted by molar-refractivity contribution is -0.123. The molecule has 2 aromatic carbocycles. The summed E-state index contributed by atoms with van der Waals surface area (Å²) in [6, 6.07) is 17.7. The van der Waals surface area contributed by atoms with Crippen molar-refractivity contribution in [2.24, 2.45) is 0 Å². The molecule has 2 unspecified atom stereocenters. The van der Waals surface area contributed by atoms with Gasteiger partial charge in [-0.3, -0.25) is 9.69 Å². The second kappa shape index (κ2) is 9.56.